The first kappa shape index (κ1) is 21.9. The number of ether oxygens (including phenoxy) is 1. The summed E-state index contributed by atoms with van der Waals surface area (Å²) in [6, 6.07) is 16.1. The van der Waals surface area contributed by atoms with E-state index >= 15 is 0 Å². The van der Waals surface area contributed by atoms with Crippen molar-refractivity contribution >= 4 is 22.9 Å². The smallest absolute Gasteiger partial charge is 0.304 e. The molecule has 2 heterocycles. The number of amides is 1. The average molecular weight is 446 g/mol. The van der Waals surface area contributed by atoms with Crippen LogP contribution in [0.2, 0.25) is 0 Å². The lowest BCUT2D eigenvalue weighted by Gasteiger charge is -2.21. The molecule has 0 radical (unpaired) electrons. The van der Waals surface area contributed by atoms with Crippen LogP contribution in [0.1, 0.15) is 34.6 Å². The molecule has 168 valence electrons. The topological polar surface area (TPSA) is 112 Å². The van der Waals surface area contributed by atoms with Crippen LogP contribution in [0.5, 0.6) is 0 Å². The van der Waals surface area contributed by atoms with Gasteiger partial charge in [-0.15, -0.1) is 0 Å². The molecule has 0 saturated carbocycles. The van der Waals surface area contributed by atoms with Crippen LogP contribution in [-0.4, -0.2) is 33.5 Å². The van der Waals surface area contributed by atoms with E-state index < -0.39 is 11.9 Å². The van der Waals surface area contributed by atoms with Crippen molar-refractivity contribution in [2.45, 2.75) is 27.3 Å². The molecule has 0 spiro atoms. The molecule has 0 N–H and O–H groups in total. The van der Waals surface area contributed by atoms with Crippen molar-refractivity contribution in [2.24, 2.45) is 0 Å². The maximum atomic E-state index is 13.4. The van der Waals surface area contributed by atoms with Gasteiger partial charge in [0.05, 0.1) is 6.54 Å². The first-order valence-electron chi connectivity index (χ1n) is 10.3. The van der Waals surface area contributed by atoms with Gasteiger partial charge in [-0.2, -0.15) is 4.73 Å². The van der Waals surface area contributed by atoms with Crippen LogP contribution in [0.3, 0.4) is 0 Å². The molecule has 4 aromatic rings. The standard InChI is InChI=1S/C24H22N4O5/c1-15-22(25-19-11-7-8-12-21(19)28(15)31)24(30)27(14-32-17(3)29)13-20-16(2)33-23(26-20)18-9-5-4-6-10-18/h4-12H,13-14H2,1-3H3. The third-order valence-electron chi connectivity index (χ3n) is 5.15. The minimum atomic E-state index is -0.562. The van der Waals surface area contributed by atoms with Crippen LogP contribution in [0.25, 0.3) is 22.5 Å². The van der Waals surface area contributed by atoms with E-state index in [1.165, 1.54) is 18.7 Å². The highest BCUT2D eigenvalue weighted by Gasteiger charge is 2.28. The second-order valence-electron chi connectivity index (χ2n) is 7.48. The van der Waals surface area contributed by atoms with Gasteiger partial charge in [0.25, 0.3) is 5.91 Å². The van der Waals surface area contributed by atoms with Crippen molar-refractivity contribution in [2.75, 3.05) is 6.73 Å². The molecule has 0 aliphatic carbocycles. The fraction of sp³-hybridized carbons (Fsp3) is 0.208. The van der Waals surface area contributed by atoms with Gasteiger partial charge in [0.2, 0.25) is 17.1 Å². The Labute approximate surface area is 189 Å². The molecular formula is C24H22N4O5. The predicted molar refractivity (Wildman–Crippen MR) is 119 cm³/mol. The lowest BCUT2D eigenvalue weighted by atomic mass is 10.2. The second-order valence-corrected chi connectivity index (χ2v) is 7.48. The summed E-state index contributed by atoms with van der Waals surface area (Å²) in [5.41, 5.74) is 2.16. The SMILES string of the molecule is CC(=O)OCN(Cc1nc(-c2ccccc2)oc1C)C(=O)c1nc2ccccc2[n+]([O-])c1C. The number of nitrogens with zero attached hydrogens (tertiary/aromatic N) is 4. The Bertz CT molecular complexity index is 1330. The lowest BCUT2D eigenvalue weighted by molar-refractivity contribution is -0.584. The number of para-hydroxylation sites is 2. The lowest BCUT2D eigenvalue weighted by Crippen LogP contribution is -2.39. The second kappa shape index (κ2) is 9.07. The third-order valence-corrected chi connectivity index (χ3v) is 5.15. The number of aromatic nitrogens is 3. The number of esters is 1. The number of benzene rings is 2. The summed E-state index contributed by atoms with van der Waals surface area (Å²) in [7, 11) is 0. The summed E-state index contributed by atoms with van der Waals surface area (Å²) in [5, 5.41) is 12.7. The van der Waals surface area contributed by atoms with Crippen LogP contribution in [0.4, 0.5) is 0 Å². The number of rotatable bonds is 6. The van der Waals surface area contributed by atoms with Crippen molar-refractivity contribution in [1.29, 1.82) is 0 Å². The van der Waals surface area contributed by atoms with E-state index in [1.807, 2.05) is 30.3 Å². The molecule has 2 aromatic heterocycles. The summed E-state index contributed by atoms with van der Waals surface area (Å²) in [5.74, 6) is -0.165. The highest BCUT2D eigenvalue weighted by atomic mass is 16.5. The monoisotopic (exact) mass is 446 g/mol. The molecule has 0 unspecified atom stereocenters. The van der Waals surface area contributed by atoms with Gasteiger partial charge < -0.3 is 14.4 Å². The molecule has 0 aliphatic rings. The largest absolute Gasteiger partial charge is 0.618 e. The molecular weight excluding hydrogens is 424 g/mol. The first-order chi connectivity index (χ1) is 15.8. The molecule has 0 saturated heterocycles. The van der Waals surface area contributed by atoms with Gasteiger partial charge in [0, 0.05) is 25.5 Å². The van der Waals surface area contributed by atoms with Gasteiger partial charge in [0.1, 0.15) is 17.0 Å². The average Bonchev–Trinajstić information content (AvgIpc) is 3.19. The van der Waals surface area contributed by atoms with Crippen LogP contribution in [0.15, 0.2) is 59.0 Å². The van der Waals surface area contributed by atoms with E-state index in [4.69, 9.17) is 9.15 Å². The van der Waals surface area contributed by atoms with Gasteiger partial charge in [-0.1, -0.05) is 30.3 Å². The fourth-order valence-electron chi connectivity index (χ4n) is 3.37. The molecule has 0 bridgehead atoms. The molecule has 0 aliphatic heterocycles. The summed E-state index contributed by atoms with van der Waals surface area (Å²) in [6.07, 6.45) is 0. The molecule has 9 heteroatoms. The molecule has 0 fully saturated rings. The summed E-state index contributed by atoms with van der Waals surface area (Å²) >= 11 is 0. The summed E-state index contributed by atoms with van der Waals surface area (Å²) < 4.78 is 11.6. The van der Waals surface area contributed by atoms with Gasteiger partial charge in [-0.25, -0.2) is 9.97 Å². The van der Waals surface area contributed by atoms with Gasteiger partial charge >= 0.3 is 5.97 Å². The number of aryl methyl sites for hydroxylation is 1. The highest BCUT2D eigenvalue weighted by molar-refractivity contribution is 5.94. The Kier molecular flexibility index (Phi) is 6.03. The van der Waals surface area contributed by atoms with E-state index in [0.29, 0.717) is 33.1 Å². The van der Waals surface area contributed by atoms with E-state index in [9.17, 15) is 14.8 Å². The maximum Gasteiger partial charge on any atom is 0.304 e. The highest BCUT2D eigenvalue weighted by Crippen LogP contribution is 2.23. The van der Waals surface area contributed by atoms with E-state index in [1.54, 1.807) is 31.2 Å². The Morgan fingerprint density at radius 2 is 1.76 bits per heavy atom. The maximum absolute atomic E-state index is 13.4. The molecule has 0 atom stereocenters. The summed E-state index contributed by atoms with van der Waals surface area (Å²) in [4.78, 5) is 35.1. The van der Waals surface area contributed by atoms with Crippen molar-refractivity contribution in [3.05, 3.63) is 82.6 Å². The van der Waals surface area contributed by atoms with Gasteiger partial charge in [-0.05, 0) is 25.1 Å². The quantitative estimate of drug-likeness (QED) is 0.193. The Morgan fingerprint density at radius 3 is 2.48 bits per heavy atom. The zero-order valence-corrected chi connectivity index (χ0v) is 18.4. The third kappa shape index (κ3) is 4.52. The number of hydrogen-bond donors (Lipinski definition) is 0. The van der Waals surface area contributed by atoms with Gasteiger partial charge in [-0.3, -0.25) is 14.5 Å². The summed E-state index contributed by atoms with van der Waals surface area (Å²) in [6.45, 7) is 4.20. The number of oxazole rings is 1. The van der Waals surface area contributed by atoms with Gasteiger partial charge in [0.15, 0.2) is 12.4 Å². The fourth-order valence-corrected chi connectivity index (χ4v) is 3.37. The van der Waals surface area contributed by atoms with Crippen LogP contribution >= 0.6 is 0 Å². The minimum absolute atomic E-state index is 0.00108. The molecule has 9 nitrogen and oxygen atoms in total. The normalized spacial score (nSPS) is 10.9. The zero-order valence-electron chi connectivity index (χ0n) is 18.4. The molecule has 1 amide bonds. The van der Waals surface area contributed by atoms with Crippen molar-refractivity contribution < 1.29 is 23.5 Å². The number of carbonyl (C=O) groups is 2. The number of carbonyl (C=O) groups excluding carboxylic acids is 2. The van der Waals surface area contributed by atoms with E-state index in [2.05, 4.69) is 9.97 Å². The molecule has 33 heavy (non-hydrogen) atoms. The Hall–Kier alpha value is -4.27. The Morgan fingerprint density at radius 1 is 1.06 bits per heavy atom. The van der Waals surface area contributed by atoms with E-state index in [0.717, 1.165) is 5.56 Å². The molecule has 4 rings (SSSR count). The molecule has 2 aromatic carbocycles. The van der Waals surface area contributed by atoms with E-state index in [-0.39, 0.29) is 24.7 Å². The number of hydrogen-bond acceptors (Lipinski definition) is 7. The van der Waals surface area contributed by atoms with Crippen molar-refractivity contribution in [1.82, 2.24) is 14.9 Å². The predicted octanol–water partition coefficient (Wildman–Crippen LogP) is 3.30. The number of fused-ring (bicyclic) bond motifs is 1. The van der Waals surface area contributed by atoms with Crippen LogP contribution < -0.4 is 4.73 Å². The zero-order chi connectivity index (χ0) is 23.5. The first-order valence-corrected chi connectivity index (χ1v) is 10.3. The van der Waals surface area contributed by atoms with Crippen LogP contribution in [0, 0.1) is 19.1 Å². The van der Waals surface area contributed by atoms with Crippen molar-refractivity contribution in [3.8, 4) is 11.5 Å². The van der Waals surface area contributed by atoms with Crippen LogP contribution in [-0.2, 0) is 16.1 Å². The Balaban J connectivity index is 1.69. The minimum Gasteiger partial charge on any atom is -0.618 e. The van der Waals surface area contributed by atoms with Crippen molar-refractivity contribution in [3.63, 3.8) is 0 Å².